The van der Waals surface area contributed by atoms with E-state index in [1.54, 1.807) is 0 Å². The molecule has 0 aliphatic carbocycles. The molecule has 0 aliphatic rings. The number of pyridine rings is 1. The van der Waals surface area contributed by atoms with Crippen molar-refractivity contribution >= 4 is 16.8 Å². The van der Waals surface area contributed by atoms with Crippen molar-refractivity contribution in [3.8, 4) is 0 Å². The van der Waals surface area contributed by atoms with Crippen molar-refractivity contribution in [2.75, 3.05) is 6.54 Å². The highest BCUT2D eigenvalue weighted by Crippen LogP contribution is 2.17. The van der Waals surface area contributed by atoms with Crippen molar-refractivity contribution in [3.05, 3.63) is 41.6 Å². The molecule has 4 heteroatoms. The van der Waals surface area contributed by atoms with Gasteiger partial charge in [-0.2, -0.15) is 0 Å². The first-order chi connectivity index (χ1) is 9.66. The minimum atomic E-state index is -0.222. The Morgan fingerprint density at radius 2 is 2.10 bits per heavy atom. The lowest BCUT2D eigenvalue weighted by Gasteiger charge is -2.09. The fourth-order valence-corrected chi connectivity index (χ4v) is 2.31. The predicted molar refractivity (Wildman–Crippen MR) is 81.2 cm³/mol. The van der Waals surface area contributed by atoms with Crippen LogP contribution in [0.4, 0.5) is 0 Å². The number of benzene rings is 1. The smallest absolute Gasteiger partial charge is 0.217 e. The summed E-state index contributed by atoms with van der Waals surface area (Å²) in [5.41, 5.74) is 8.45. The van der Waals surface area contributed by atoms with E-state index in [1.165, 1.54) is 10.9 Å². The molecule has 2 rings (SSSR count). The number of unbranched alkanes of at least 4 members (excludes halogenated alkanes) is 1. The lowest BCUT2D eigenvalue weighted by atomic mass is 10.1. The molecule has 1 aromatic carbocycles. The number of nitrogens with two attached hydrogens (primary N) is 1. The molecule has 0 atom stereocenters. The molecule has 1 aromatic heterocycles. The second-order valence-electron chi connectivity index (χ2n) is 5.04. The molecule has 0 bridgehead atoms. The zero-order chi connectivity index (χ0) is 14.4. The Balaban J connectivity index is 1.91. The van der Waals surface area contributed by atoms with Gasteiger partial charge in [0.25, 0.3) is 0 Å². The van der Waals surface area contributed by atoms with Crippen LogP contribution in [0.2, 0.25) is 0 Å². The van der Waals surface area contributed by atoms with Crippen LogP contribution in [0.3, 0.4) is 0 Å². The van der Waals surface area contributed by atoms with Crippen LogP contribution < -0.4 is 11.1 Å². The van der Waals surface area contributed by atoms with Crippen molar-refractivity contribution in [2.24, 2.45) is 5.73 Å². The third-order valence-corrected chi connectivity index (χ3v) is 3.27. The van der Waals surface area contributed by atoms with Crippen LogP contribution in [0, 0.1) is 6.92 Å². The second kappa shape index (κ2) is 7.01. The fourth-order valence-electron chi connectivity index (χ4n) is 2.31. The quantitative estimate of drug-likeness (QED) is 0.759. The summed E-state index contributed by atoms with van der Waals surface area (Å²) >= 11 is 0. The number of para-hydroxylation sites is 1. The van der Waals surface area contributed by atoms with E-state index >= 15 is 0 Å². The van der Waals surface area contributed by atoms with E-state index in [2.05, 4.69) is 22.4 Å². The highest BCUT2D eigenvalue weighted by atomic mass is 16.1. The molecule has 1 amide bonds. The molecule has 0 fully saturated rings. The zero-order valence-corrected chi connectivity index (χ0v) is 11.9. The van der Waals surface area contributed by atoms with Crippen molar-refractivity contribution in [1.82, 2.24) is 10.3 Å². The molecule has 0 radical (unpaired) electrons. The summed E-state index contributed by atoms with van der Waals surface area (Å²) in [7, 11) is 0. The maximum atomic E-state index is 10.6. The molecule has 106 valence electrons. The first kappa shape index (κ1) is 14.5. The Kier molecular flexibility index (Phi) is 5.07. The number of carbonyl (C=O) groups is 1. The van der Waals surface area contributed by atoms with Gasteiger partial charge >= 0.3 is 0 Å². The van der Waals surface area contributed by atoms with Crippen LogP contribution in [-0.2, 0) is 11.3 Å². The van der Waals surface area contributed by atoms with E-state index in [1.807, 2.05) is 25.1 Å². The van der Waals surface area contributed by atoms with Gasteiger partial charge in [0.2, 0.25) is 5.91 Å². The molecule has 4 nitrogen and oxygen atoms in total. The Bertz CT molecular complexity index is 595. The monoisotopic (exact) mass is 271 g/mol. The minimum absolute atomic E-state index is 0.222. The summed E-state index contributed by atoms with van der Waals surface area (Å²) in [5.74, 6) is -0.222. The largest absolute Gasteiger partial charge is 0.370 e. The van der Waals surface area contributed by atoms with E-state index in [9.17, 15) is 4.79 Å². The number of fused-ring (bicyclic) bond motifs is 1. The molecule has 3 N–H and O–H groups in total. The summed E-state index contributed by atoms with van der Waals surface area (Å²) in [6, 6.07) is 10.3. The topological polar surface area (TPSA) is 68.0 Å². The molecule has 20 heavy (non-hydrogen) atoms. The summed E-state index contributed by atoms with van der Waals surface area (Å²) in [6.07, 6.45) is 2.28. The lowest BCUT2D eigenvalue weighted by Crippen LogP contribution is -2.16. The third kappa shape index (κ3) is 4.03. The van der Waals surface area contributed by atoms with Crippen LogP contribution in [0.25, 0.3) is 10.9 Å². The molecule has 1 heterocycles. The van der Waals surface area contributed by atoms with Gasteiger partial charge in [-0.05, 0) is 44.0 Å². The molecule has 2 aromatic rings. The highest BCUT2D eigenvalue weighted by molar-refractivity contribution is 5.82. The van der Waals surface area contributed by atoms with Gasteiger partial charge in [0.05, 0.1) is 5.52 Å². The zero-order valence-electron chi connectivity index (χ0n) is 11.9. The van der Waals surface area contributed by atoms with Crippen LogP contribution in [0.5, 0.6) is 0 Å². The van der Waals surface area contributed by atoms with Gasteiger partial charge in [0.1, 0.15) is 0 Å². The number of rotatable bonds is 7. The average Bonchev–Trinajstić information content (AvgIpc) is 2.42. The first-order valence-corrected chi connectivity index (χ1v) is 7.01. The minimum Gasteiger partial charge on any atom is -0.370 e. The van der Waals surface area contributed by atoms with Crippen LogP contribution in [0.1, 0.15) is 30.5 Å². The average molecular weight is 271 g/mol. The second-order valence-corrected chi connectivity index (χ2v) is 5.04. The Morgan fingerprint density at radius 3 is 2.90 bits per heavy atom. The van der Waals surface area contributed by atoms with E-state index in [-0.39, 0.29) is 5.91 Å². The SMILES string of the molecule is Cc1cc(CNCCCCC(N)=O)c2ccccc2n1. The van der Waals surface area contributed by atoms with Crippen LogP contribution in [0.15, 0.2) is 30.3 Å². The molecule has 0 unspecified atom stereocenters. The molecular weight excluding hydrogens is 250 g/mol. The number of aromatic nitrogens is 1. The van der Waals surface area contributed by atoms with Crippen molar-refractivity contribution < 1.29 is 4.79 Å². The fraction of sp³-hybridized carbons (Fsp3) is 0.375. The van der Waals surface area contributed by atoms with Gasteiger partial charge in [-0.25, -0.2) is 0 Å². The van der Waals surface area contributed by atoms with E-state index in [0.29, 0.717) is 6.42 Å². The molecule has 0 saturated heterocycles. The Morgan fingerprint density at radius 1 is 1.30 bits per heavy atom. The van der Waals surface area contributed by atoms with Gasteiger partial charge in [0.15, 0.2) is 0 Å². The molecule has 0 spiro atoms. The number of amides is 1. The van der Waals surface area contributed by atoms with Crippen LogP contribution in [-0.4, -0.2) is 17.4 Å². The number of primary amides is 1. The normalized spacial score (nSPS) is 10.8. The molecule has 0 saturated carbocycles. The number of hydrogen-bond acceptors (Lipinski definition) is 3. The maximum absolute atomic E-state index is 10.6. The lowest BCUT2D eigenvalue weighted by molar-refractivity contribution is -0.118. The standard InChI is InChI=1S/C16H21N3O/c1-12-10-13(11-18-9-5-4-8-16(17)20)14-6-2-3-7-15(14)19-12/h2-3,6-7,10,18H,4-5,8-9,11H2,1H3,(H2,17,20). The Hall–Kier alpha value is -1.94. The first-order valence-electron chi connectivity index (χ1n) is 7.01. The van der Waals surface area contributed by atoms with Gasteiger partial charge in [0, 0.05) is 24.0 Å². The van der Waals surface area contributed by atoms with Crippen molar-refractivity contribution in [3.63, 3.8) is 0 Å². The van der Waals surface area contributed by atoms with Crippen LogP contribution >= 0.6 is 0 Å². The number of hydrogen-bond donors (Lipinski definition) is 2. The third-order valence-electron chi connectivity index (χ3n) is 3.27. The van der Waals surface area contributed by atoms with Gasteiger partial charge in [-0.3, -0.25) is 9.78 Å². The Labute approximate surface area is 119 Å². The summed E-state index contributed by atoms with van der Waals surface area (Å²) in [4.78, 5) is 15.2. The van der Waals surface area contributed by atoms with E-state index < -0.39 is 0 Å². The highest BCUT2D eigenvalue weighted by Gasteiger charge is 2.03. The van der Waals surface area contributed by atoms with E-state index in [4.69, 9.17) is 5.73 Å². The number of aryl methyl sites for hydroxylation is 1. The van der Waals surface area contributed by atoms with Crippen molar-refractivity contribution in [1.29, 1.82) is 0 Å². The molecular formula is C16H21N3O. The number of nitrogens with zero attached hydrogens (tertiary/aromatic N) is 1. The van der Waals surface area contributed by atoms with Gasteiger partial charge < -0.3 is 11.1 Å². The number of nitrogens with one attached hydrogen (secondary N) is 1. The van der Waals surface area contributed by atoms with Gasteiger partial charge in [-0.1, -0.05) is 18.2 Å². The van der Waals surface area contributed by atoms with Crippen molar-refractivity contribution in [2.45, 2.75) is 32.7 Å². The summed E-state index contributed by atoms with van der Waals surface area (Å²) < 4.78 is 0. The molecule has 0 aliphatic heterocycles. The number of carbonyl (C=O) groups excluding carboxylic acids is 1. The van der Waals surface area contributed by atoms with E-state index in [0.717, 1.165) is 37.1 Å². The summed E-state index contributed by atoms with van der Waals surface area (Å²) in [5, 5.41) is 4.61. The predicted octanol–water partition coefficient (Wildman–Crippen LogP) is 2.29. The maximum Gasteiger partial charge on any atom is 0.217 e. The van der Waals surface area contributed by atoms with Gasteiger partial charge in [-0.15, -0.1) is 0 Å². The summed E-state index contributed by atoms with van der Waals surface area (Å²) in [6.45, 7) is 3.73.